The third-order valence-corrected chi connectivity index (χ3v) is 18.4. The van der Waals surface area contributed by atoms with E-state index in [1.54, 1.807) is 13.2 Å². The van der Waals surface area contributed by atoms with Crippen LogP contribution in [-0.2, 0) is 80.6 Å². The third kappa shape index (κ3) is 20.2. The van der Waals surface area contributed by atoms with Gasteiger partial charge in [0.2, 0.25) is 0 Å². The first-order valence-corrected chi connectivity index (χ1v) is 32.9. The lowest BCUT2D eigenvalue weighted by Crippen LogP contribution is -2.68. The first kappa shape index (κ1) is 83.8. The van der Waals surface area contributed by atoms with Crippen LogP contribution in [-0.4, -0.2) is 393 Å². The Hall–Kier alpha value is -2.49. The van der Waals surface area contributed by atoms with Crippen LogP contribution >= 0.6 is 0 Å². The van der Waals surface area contributed by atoms with E-state index in [0.717, 1.165) is 18.4 Å². The molecule has 0 amide bonds. The second-order valence-corrected chi connectivity index (χ2v) is 26.6. The van der Waals surface area contributed by atoms with Crippen LogP contribution in [0, 0.1) is 5.92 Å². The van der Waals surface area contributed by atoms with Crippen LogP contribution in [0.25, 0.3) is 0 Å². The van der Waals surface area contributed by atoms with Crippen molar-refractivity contribution >= 4 is 5.97 Å². The Morgan fingerprint density at radius 3 is 0.798 bits per heavy atom. The Labute approximate surface area is 569 Å². The molecule has 0 aromatic heterocycles. The first-order chi connectivity index (χ1) is 46.8. The van der Waals surface area contributed by atoms with Crippen molar-refractivity contribution < 1.29 is 188 Å². The number of aliphatic hydroxyl groups excluding tert-OH is 21. The van der Waals surface area contributed by atoms with E-state index >= 15 is 0 Å². The van der Waals surface area contributed by atoms with E-state index in [2.05, 4.69) is 26.8 Å². The van der Waals surface area contributed by atoms with Gasteiger partial charge in [-0.05, 0) is 59.0 Å². The molecule has 0 saturated carbocycles. The van der Waals surface area contributed by atoms with Gasteiger partial charge >= 0.3 is 5.97 Å². The van der Waals surface area contributed by atoms with Crippen molar-refractivity contribution in [2.24, 2.45) is 5.92 Å². The van der Waals surface area contributed by atoms with E-state index in [0.29, 0.717) is 5.92 Å². The van der Waals surface area contributed by atoms with Crippen molar-refractivity contribution in [3.05, 3.63) is 23.8 Å². The molecular weight excluding hydrogens is 1340 g/mol. The Bertz CT molecular complexity index is 2100. The Balaban J connectivity index is 0.000000537. The van der Waals surface area contributed by atoms with Gasteiger partial charge in [-0.15, -0.1) is 0 Å². The van der Waals surface area contributed by atoms with Crippen molar-refractivity contribution in [3.63, 3.8) is 0 Å². The molecule has 38 heteroatoms. The second kappa shape index (κ2) is 37.7. The van der Waals surface area contributed by atoms with Crippen LogP contribution in [0.2, 0.25) is 0 Å². The topological polar surface area (TPSA) is 590 Å². The van der Waals surface area contributed by atoms with Gasteiger partial charge in [-0.25, -0.2) is 4.79 Å². The average molecular weight is 1450 g/mol. The summed E-state index contributed by atoms with van der Waals surface area (Å²) in [5, 5.41) is 230. The monoisotopic (exact) mass is 1440 g/mol. The quantitative estimate of drug-likeness (QED) is 0.0365. The lowest BCUT2D eigenvalue weighted by atomic mass is 9.95. The van der Waals surface area contributed by atoms with E-state index in [-0.39, 0.29) is 17.7 Å². The minimum absolute atomic E-state index is 0.0222. The molecule has 0 aliphatic carbocycles. The minimum atomic E-state index is -2.21. The maximum absolute atomic E-state index is 11.5. The van der Waals surface area contributed by atoms with E-state index in [9.17, 15) is 112 Å². The number of carbonyl (C=O) groups is 1. The minimum Gasteiger partial charge on any atom is -0.460 e. The summed E-state index contributed by atoms with van der Waals surface area (Å²) < 4.78 is 90.0. The molecule has 36 atom stereocenters. The lowest BCUT2D eigenvalue weighted by molar-refractivity contribution is -0.396. The van der Waals surface area contributed by atoms with Crippen molar-refractivity contribution in [3.8, 4) is 0 Å². The molecule has 21 saturated heterocycles. The summed E-state index contributed by atoms with van der Waals surface area (Å²) in [7, 11) is 1.77. The van der Waals surface area contributed by atoms with Crippen molar-refractivity contribution in [1.29, 1.82) is 0 Å². The SMILES string of the molecule is COC(C)(C)CCCC(C)C/C=C/C(C)=C/C(=O)OC(C)C.OC[C@@H]1O[C@@H]2O[C@H]3[C@@H](O)[C@H](O)[C@@H](O[C@H]4[C@@H](O)[C@H](O)[C@@H](O[C@H]5[C@@H](O)[C@H](O)[C@@H](O[C@H]6[C@H](O)[C@@H](O)[C@@H](O[C@H]7[C@H](O)[C@@H](O)[C@@H](O[C@H]8[C@H](O)[C@@H](O)[C@@H](O[C@H]1[C@H](O)[C@H]2O)O[C@@H]8CO)O[C@@H]7CO)O[C@@H]6CO)O[C@@H]5CO)O[C@@H]4CO)O[C@@H]3CO. The number of carbonyl (C=O) groups excluding carboxylic acids is 1. The maximum atomic E-state index is 11.5. The number of hydrogen-bond donors (Lipinski definition) is 21. The summed E-state index contributed by atoms with van der Waals surface area (Å²) in [6.07, 6.45) is -60.2. The summed E-state index contributed by atoms with van der Waals surface area (Å²) in [6.45, 7) is 4.81. The van der Waals surface area contributed by atoms with Crippen LogP contribution in [0.5, 0.6) is 0 Å². The molecule has 0 radical (unpaired) electrons. The van der Waals surface area contributed by atoms with Gasteiger partial charge in [-0.3, -0.25) is 0 Å². The number of hydrogen-bond acceptors (Lipinski definition) is 38. The predicted molar refractivity (Wildman–Crippen MR) is 321 cm³/mol. The van der Waals surface area contributed by atoms with Gasteiger partial charge in [0, 0.05) is 13.2 Å². The summed E-state index contributed by atoms with van der Waals surface area (Å²) >= 11 is 0. The Morgan fingerprint density at radius 2 is 0.606 bits per heavy atom. The average Bonchev–Trinajstić information content (AvgIpc) is 0.787. The molecule has 21 aliphatic rings. The molecule has 38 nitrogen and oxygen atoms in total. The van der Waals surface area contributed by atoms with Crippen LogP contribution in [0.1, 0.15) is 67.2 Å². The summed E-state index contributed by atoms with van der Waals surface area (Å²) in [4.78, 5) is 11.5. The van der Waals surface area contributed by atoms with Crippen molar-refractivity contribution in [2.75, 3.05) is 53.4 Å². The van der Waals surface area contributed by atoms with Crippen LogP contribution in [0.3, 0.4) is 0 Å². The van der Waals surface area contributed by atoms with Gasteiger partial charge < -0.3 is 183 Å². The number of methoxy groups -OCH3 is 1. The van der Waals surface area contributed by atoms with Crippen LogP contribution in [0.4, 0.5) is 0 Å². The fraction of sp³-hybridized carbons (Fsp3) is 0.918. The van der Waals surface area contributed by atoms with Gasteiger partial charge in [-0.1, -0.05) is 31.9 Å². The van der Waals surface area contributed by atoms with E-state index in [1.807, 2.05) is 26.8 Å². The van der Waals surface area contributed by atoms with Crippen molar-refractivity contribution in [1.82, 2.24) is 0 Å². The number of aliphatic hydroxyl groups is 21. The zero-order valence-electron chi connectivity index (χ0n) is 55.7. The van der Waals surface area contributed by atoms with E-state index < -0.39 is 261 Å². The molecule has 1 unspecified atom stereocenters. The molecule has 21 fully saturated rings. The number of esters is 1. The molecule has 0 aromatic rings. The zero-order valence-corrected chi connectivity index (χ0v) is 55.7. The molecule has 0 aromatic carbocycles. The van der Waals surface area contributed by atoms with Crippen LogP contribution < -0.4 is 0 Å². The summed E-state index contributed by atoms with van der Waals surface area (Å²) in [6, 6.07) is 0. The molecule has 99 heavy (non-hydrogen) atoms. The second-order valence-electron chi connectivity index (χ2n) is 26.6. The number of ether oxygens (including phenoxy) is 16. The normalized spacial score (nSPS) is 46.3. The molecule has 0 spiro atoms. The lowest BCUT2D eigenvalue weighted by Gasteiger charge is -2.50. The molecule has 576 valence electrons. The van der Waals surface area contributed by atoms with E-state index in [4.69, 9.17) is 75.8 Å². The highest BCUT2D eigenvalue weighted by molar-refractivity contribution is 5.83. The fourth-order valence-electron chi connectivity index (χ4n) is 12.5. The molecule has 21 N–H and O–H groups in total. The van der Waals surface area contributed by atoms with Crippen LogP contribution in [0.15, 0.2) is 23.8 Å². The van der Waals surface area contributed by atoms with Crippen molar-refractivity contribution in [2.45, 2.75) is 294 Å². The highest BCUT2D eigenvalue weighted by Crippen LogP contribution is 2.39. The number of rotatable bonds is 17. The molecule has 21 aliphatic heterocycles. The molecular formula is C61H104O38. The first-order valence-electron chi connectivity index (χ1n) is 32.9. The molecule has 21 heterocycles. The molecule has 14 bridgehead atoms. The fourth-order valence-corrected chi connectivity index (χ4v) is 12.5. The Morgan fingerprint density at radius 1 is 0.384 bits per heavy atom. The Kier molecular flexibility index (Phi) is 31.9. The number of allylic oxidation sites excluding steroid dienone is 3. The standard InChI is InChI=1S/C42H70O35.C19H34O3/c43-1-8-29-15(50)22(57)36(64-8)72-30-9(2-44)66-38(24(59)17(30)52)74-32-11(4-46)68-40(26(61)19(32)54)76-34-13(6-48)70-42(28(63)21(34)56)77-35-14(7-49)69-41(27(62)20(35)55)75-33-12(5-47)67-39(25(60)18(33)53)73-31-10(3-45)65-37(71-29)23(58)16(31)51;1-15(2)22-18(20)14-17(4)11-8-10-16(3)12-9-13-19(5,6)21-7/h8-63H,1-7H2;8,11,14-16H,9-10,12-13H2,1-7H3/b;11-8+,17-14+/t8-,9-,10-,11-,12-,13-,14+,15+,16+,17-,18+,19-,20-,21-,22+,23+,24-,25+,26-,27-,28-,29-,30-,31-,32-,33-,34-,35-,36-,37-,38-,39-,40-,41-,42-;/m1./s1. The maximum Gasteiger partial charge on any atom is 0.331 e. The van der Waals surface area contributed by atoms with Gasteiger partial charge in [0.1, 0.15) is 171 Å². The predicted octanol–water partition coefficient (Wildman–Crippen LogP) is -10.2. The highest BCUT2D eigenvalue weighted by Gasteiger charge is 2.59. The van der Waals surface area contributed by atoms with Gasteiger partial charge in [-0.2, -0.15) is 0 Å². The molecule has 21 rings (SSSR count). The zero-order chi connectivity index (χ0) is 73.2. The largest absolute Gasteiger partial charge is 0.460 e. The van der Waals surface area contributed by atoms with Gasteiger partial charge in [0.05, 0.1) is 58.0 Å². The summed E-state index contributed by atoms with van der Waals surface area (Å²) in [5.41, 5.74) is 0.907. The van der Waals surface area contributed by atoms with E-state index in [1.165, 1.54) is 12.8 Å². The summed E-state index contributed by atoms with van der Waals surface area (Å²) in [5.74, 6) is 0.367. The third-order valence-electron chi connectivity index (χ3n) is 18.4. The smallest absolute Gasteiger partial charge is 0.331 e. The highest BCUT2D eigenvalue weighted by atomic mass is 16.8. The van der Waals surface area contributed by atoms with Gasteiger partial charge in [0.25, 0.3) is 0 Å². The van der Waals surface area contributed by atoms with Gasteiger partial charge in [0.15, 0.2) is 44.0 Å².